The Labute approximate surface area is 174 Å². The van der Waals surface area contributed by atoms with Crippen LogP contribution in [0.2, 0.25) is 0 Å². The normalized spacial score (nSPS) is 32.2. The monoisotopic (exact) mass is 408 g/mol. The zero-order valence-electron chi connectivity index (χ0n) is 16.1. The lowest BCUT2D eigenvalue weighted by Crippen LogP contribution is -2.57. The van der Waals surface area contributed by atoms with Crippen LogP contribution in [0.5, 0.6) is 0 Å². The van der Waals surface area contributed by atoms with Crippen molar-refractivity contribution in [3.63, 3.8) is 0 Å². The fraction of sp³-hybridized carbons (Fsp3) is 0.500. The van der Waals surface area contributed by atoms with Gasteiger partial charge in [0.05, 0.1) is 11.6 Å². The first kappa shape index (κ1) is 17.7. The number of anilines is 2. The summed E-state index contributed by atoms with van der Waals surface area (Å²) in [5.74, 6) is 2.28. The van der Waals surface area contributed by atoms with Gasteiger partial charge in [0.1, 0.15) is 5.03 Å². The van der Waals surface area contributed by atoms with Crippen molar-refractivity contribution in [1.82, 2.24) is 14.9 Å². The fourth-order valence-electron chi connectivity index (χ4n) is 6.38. The van der Waals surface area contributed by atoms with E-state index in [4.69, 9.17) is 0 Å². The van der Waals surface area contributed by atoms with Gasteiger partial charge in [0, 0.05) is 36.9 Å². The van der Waals surface area contributed by atoms with Crippen molar-refractivity contribution in [3.8, 4) is 0 Å². The molecule has 7 heteroatoms. The number of carboxylic acid groups (broad SMARTS) is 1. The highest BCUT2D eigenvalue weighted by Gasteiger charge is 2.52. The Morgan fingerprint density at radius 3 is 2.76 bits per heavy atom. The number of piperidine rings is 1. The number of hydrogen-bond donors (Lipinski definition) is 2. The van der Waals surface area contributed by atoms with E-state index in [9.17, 15) is 9.90 Å². The largest absolute Gasteiger partial charge is 0.481 e. The maximum absolute atomic E-state index is 11.7. The molecule has 4 bridgehead atoms. The molecule has 2 aliphatic heterocycles. The van der Waals surface area contributed by atoms with Crippen LogP contribution in [0.3, 0.4) is 0 Å². The average Bonchev–Trinajstić information content (AvgIpc) is 2.71. The molecule has 3 atom stereocenters. The molecule has 0 amide bonds. The van der Waals surface area contributed by atoms with E-state index in [1.807, 2.05) is 0 Å². The number of aliphatic carboxylic acids is 1. The van der Waals surface area contributed by atoms with Gasteiger partial charge in [-0.2, -0.15) is 0 Å². The molecule has 1 saturated heterocycles. The second-order valence-electron chi connectivity index (χ2n) is 9.08. The summed E-state index contributed by atoms with van der Waals surface area (Å²) in [6.45, 7) is 3.00. The van der Waals surface area contributed by atoms with Crippen LogP contribution in [-0.2, 0) is 11.3 Å². The molecule has 3 heterocycles. The van der Waals surface area contributed by atoms with Crippen LogP contribution in [0.15, 0.2) is 40.5 Å². The number of carboxylic acids is 1. The van der Waals surface area contributed by atoms with Crippen molar-refractivity contribution >= 4 is 29.2 Å². The molecule has 2 N–H and O–H groups in total. The lowest BCUT2D eigenvalue weighted by molar-refractivity contribution is -0.158. The lowest BCUT2D eigenvalue weighted by atomic mass is 9.53. The first-order valence-corrected chi connectivity index (χ1v) is 11.3. The highest BCUT2D eigenvalue weighted by Crippen LogP contribution is 2.54. The van der Waals surface area contributed by atoms with Gasteiger partial charge in [0.15, 0.2) is 5.82 Å². The van der Waals surface area contributed by atoms with Gasteiger partial charge < -0.3 is 10.4 Å². The number of fused-ring (bicyclic) bond motifs is 3. The molecule has 6 nitrogen and oxygen atoms in total. The van der Waals surface area contributed by atoms with Crippen LogP contribution >= 0.6 is 11.8 Å². The minimum absolute atomic E-state index is 0.106. The summed E-state index contributed by atoms with van der Waals surface area (Å²) < 4.78 is 0. The molecule has 7 rings (SSSR count). The number of benzene rings is 1. The van der Waals surface area contributed by atoms with Crippen LogP contribution in [0.4, 0.5) is 11.5 Å². The van der Waals surface area contributed by atoms with E-state index in [0.717, 1.165) is 42.6 Å². The smallest absolute Gasteiger partial charge is 0.306 e. The first-order valence-electron chi connectivity index (χ1n) is 10.5. The number of aromatic nitrogens is 2. The predicted octanol–water partition coefficient (Wildman–Crippen LogP) is 3.86. The summed E-state index contributed by atoms with van der Waals surface area (Å²) in [7, 11) is 0. The highest BCUT2D eigenvalue weighted by atomic mass is 32.2. The molecule has 150 valence electrons. The van der Waals surface area contributed by atoms with E-state index in [0.29, 0.717) is 23.7 Å². The Bertz CT molecular complexity index is 967. The van der Waals surface area contributed by atoms with Gasteiger partial charge >= 0.3 is 5.97 Å². The maximum atomic E-state index is 11.7. The first-order chi connectivity index (χ1) is 14.1. The van der Waals surface area contributed by atoms with Crippen molar-refractivity contribution in [1.29, 1.82) is 0 Å². The SMILES string of the molecule is O=C(O)C1CC2CC3CN(Cc4ccc5c(c4)Nc4nccnc4S5)CC(C2)C31. The summed E-state index contributed by atoms with van der Waals surface area (Å²) in [4.78, 5) is 24.3. The molecule has 3 aliphatic carbocycles. The van der Waals surface area contributed by atoms with Crippen molar-refractivity contribution < 1.29 is 9.90 Å². The second-order valence-corrected chi connectivity index (χ2v) is 10.1. The van der Waals surface area contributed by atoms with E-state index in [1.165, 1.54) is 23.3 Å². The van der Waals surface area contributed by atoms with Gasteiger partial charge in [-0.05, 0) is 60.6 Å². The predicted molar refractivity (Wildman–Crippen MR) is 110 cm³/mol. The molecular weight excluding hydrogens is 384 g/mol. The van der Waals surface area contributed by atoms with E-state index < -0.39 is 5.97 Å². The highest BCUT2D eigenvalue weighted by molar-refractivity contribution is 7.99. The van der Waals surface area contributed by atoms with Gasteiger partial charge in [-0.3, -0.25) is 9.69 Å². The molecule has 1 aromatic carbocycles. The minimum atomic E-state index is -0.565. The van der Waals surface area contributed by atoms with Crippen LogP contribution in [0.25, 0.3) is 0 Å². The fourth-order valence-corrected chi connectivity index (χ4v) is 7.26. The number of rotatable bonds is 3. The average molecular weight is 409 g/mol. The van der Waals surface area contributed by atoms with Crippen molar-refractivity contribution in [2.24, 2.45) is 29.6 Å². The zero-order valence-corrected chi connectivity index (χ0v) is 16.9. The number of nitrogens with one attached hydrogen (secondary N) is 1. The standard InChI is InChI=1S/C22H24N4O2S/c27-22(28)16-7-13-5-14-10-26(11-15(6-13)19(14)16)9-12-1-2-18-17(8-12)25-20-21(29-18)24-4-3-23-20/h1-4,8,13-16,19H,5-7,9-11H2,(H,23,25)(H,27,28). The number of nitrogens with zero attached hydrogens (tertiary/aromatic N) is 3. The van der Waals surface area contributed by atoms with Crippen molar-refractivity contribution in [2.45, 2.75) is 35.7 Å². The lowest BCUT2D eigenvalue weighted by Gasteiger charge is -2.56. The molecule has 0 spiro atoms. The molecule has 3 saturated carbocycles. The summed E-state index contributed by atoms with van der Waals surface area (Å²) in [6, 6.07) is 6.62. The van der Waals surface area contributed by atoms with Crippen LogP contribution < -0.4 is 5.32 Å². The molecule has 29 heavy (non-hydrogen) atoms. The molecule has 3 unspecified atom stereocenters. The van der Waals surface area contributed by atoms with Crippen LogP contribution in [0.1, 0.15) is 24.8 Å². The van der Waals surface area contributed by atoms with E-state index in [2.05, 4.69) is 38.4 Å². The number of carbonyl (C=O) groups is 1. The number of hydrogen-bond acceptors (Lipinski definition) is 6. The molecular formula is C22H24N4O2S. The van der Waals surface area contributed by atoms with Crippen LogP contribution in [0, 0.1) is 29.6 Å². The molecule has 1 aromatic heterocycles. The minimum Gasteiger partial charge on any atom is -0.481 e. The summed E-state index contributed by atoms with van der Waals surface area (Å²) in [5, 5.41) is 14.0. The zero-order chi connectivity index (χ0) is 19.5. The van der Waals surface area contributed by atoms with E-state index in [-0.39, 0.29) is 5.92 Å². The van der Waals surface area contributed by atoms with Gasteiger partial charge in [0.25, 0.3) is 0 Å². The Balaban J connectivity index is 1.19. The van der Waals surface area contributed by atoms with Gasteiger partial charge in [-0.25, -0.2) is 9.97 Å². The van der Waals surface area contributed by atoms with Gasteiger partial charge in [0.2, 0.25) is 0 Å². The summed E-state index contributed by atoms with van der Waals surface area (Å²) in [5.41, 5.74) is 2.40. The summed E-state index contributed by atoms with van der Waals surface area (Å²) in [6.07, 6.45) is 6.79. The third kappa shape index (κ3) is 3.02. The molecule has 2 aromatic rings. The van der Waals surface area contributed by atoms with E-state index >= 15 is 0 Å². The third-order valence-corrected chi connectivity index (χ3v) is 8.36. The van der Waals surface area contributed by atoms with Crippen molar-refractivity contribution in [3.05, 3.63) is 36.2 Å². The summed E-state index contributed by atoms with van der Waals surface area (Å²) >= 11 is 1.66. The quantitative estimate of drug-likeness (QED) is 0.681. The topological polar surface area (TPSA) is 78.4 Å². The van der Waals surface area contributed by atoms with Gasteiger partial charge in [-0.1, -0.05) is 17.8 Å². The van der Waals surface area contributed by atoms with Gasteiger partial charge in [-0.15, -0.1) is 0 Å². The molecule has 0 radical (unpaired) electrons. The van der Waals surface area contributed by atoms with Crippen LogP contribution in [-0.4, -0.2) is 39.0 Å². The molecule has 5 aliphatic rings. The van der Waals surface area contributed by atoms with Crippen molar-refractivity contribution in [2.75, 3.05) is 18.4 Å². The Kier molecular flexibility index (Phi) is 4.10. The maximum Gasteiger partial charge on any atom is 0.306 e. The molecule has 4 fully saturated rings. The third-order valence-electron chi connectivity index (χ3n) is 7.29. The Morgan fingerprint density at radius 1 is 1.17 bits per heavy atom. The Morgan fingerprint density at radius 2 is 1.97 bits per heavy atom. The number of likely N-dealkylation sites (tertiary alicyclic amines) is 1. The van der Waals surface area contributed by atoms with E-state index in [1.54, 1.807) is 24.2 Å². The second kappa shape index (κ2) is 6.71. The Hall–Kier alpha value is -2.12.